The Morgan fingerprint density at radius 2 is 1.55 bits per heavy atom. The van der Waals surface area contributed by atoms with Gasteiger partial charge in [-0.15, -0.1) is 0 Å². The number of hydrogen-bond donors (Lipinski definition) is 4. The molecule has 31 heavy (non-hydrogen) atoms. The topological polar surface area (TPSA) is 169 Å². The van der Waals surface area contributed by atoms with Crippen LogP contribution in [0.25, 0.3) is 0 Å². The lowest BCUT2D eigenvalue weighted by molar-refractivity contribution is -0.384. The summed E-state index contributed by atoms with van der Waals surface area (Å²) in [5.74, 6) is -1.78. The van der Waals surface area contributed by atoms with Crippen molar-refractivity contribution in [2.24, 2.45) is 0 Å². The number of nitro benzene ring substituents is 1. The lowest BCUT2D eigenvalue weighted by Crippen LogP contribution is -2.52. The zero-order valence-corrected chi connectivity index (χ0v) is 18.0. The number of non-ortho nitro benzene ring substituents is 1. The lowest BCUT2D eigenvalue weighted by atomic mass is 10.2. The minimum absolute atomic E-state index is 0.119. The first kappa shape index (κ1) is 25.3. The SMILES string of the molecule is C[C@H](NC(=O)OC(C)(C)C)C(=O)N[C@@H](C)C(=O)NCC(=O)Nc1ccc([N+](=O)[O-])cc1. The van der Waals surface area contributed by atoms with E-state index in [9.17, 15) is 29.3 Å². The van der Waals surface area contributed by atoms with Crippen LogP contribution in [-0.4, -0.2) is 53.0 Å². The number of ether oxygens (including phenoxy) is 1. The van der Waals surface area contributed by atoms with Crippen LogP contribution < -0.4 is 21.3 Å². The maximum Gasteiger partial charge on any atom is 0.408 e. The number of rotatable bonds is 8. The molecule has 0 unspecified atom stereocenters. The van der Waals surface area contributed by atoms with E-state index in [1.54, 1.807) is 20.8 Å². The number of nitro groups is 1. The molecule has 0 heterocycles. The van der Waals surface area contributed by atoms with Crippen LogP contribution in [0.15, 0.2) is 24.3 Å². The molecule has 4 amide bonds. The normalized spacial score (nSPS) is 12.7. The number of alkyl carbamates (subject to hydrolysis) is 1. The van der Waals surface area contributed by atoms with Gasteiger partial charge >= 0.3 is 6.09 Å². The van der Waals surface area contributed by atoms with E-state index in [1.165, 1.54) is 38.1 Å². The van der Waals surface area contributed by atoms with Crippen LogP contribution in [0.3, 0.4) is 0 Å². The fraction of sp³-hybridized carbons (Fsp3) is 0.474. The molecule has 2 atom stereocenters. The fourth-order valence-electron chi connectivity index (χ4n) is 2.15. The van der Waals surface area contributed by atoms with Crippen molar-refractivity contribution < 1.29 is 28.8 Å². The number of hydrogen-bond acceptors (Lipinski definition) is 7. The van der Waals surface area contributed by atoms with Gasteiger partial charge < -0.3 is 26.0 Å². The predicted molar refractivity (Wildman–Crippen MR) is 111 cm³/mol. The fourth-order valence-corrected chi connectivity index (χ4v) is 2.15. The highest BCUT2D eigenvalue weighted by molar-refractivity contribution is 5.96. The van der Waals surface area contributed by atoms with Crippen molar-refractivity contribution in [3.63, 3.8) is 0 Å². The number of anilines is 1. The summed E-state index contributed by atoms with van der Waals surface area (Å²) in [6, 6.07) is 3.27. The van der Waals surface area contributed by atoms with Crippen molar-refractivity contribution in [2.75, 3.05) is 11.9 Å². The minimum atomic E-state index is -0.970. The molecule has 0 fully saturated rings. The molecular weight excluding hydrogens is 410 g/mol. The number of carbonyl (C=O) groups excluding carboxylic acids is 4. The van der Waals surface area contributed by atoms with E-state index in [1.807, 2.05) is 0 Å². The second kappa shape index (κ2) is 10.9. The highest BCUT2D eigenvalue weighted by Gasteiger charge is 2.23. The highest BCUT2D eigenvalue weighted by atomic mass is 16.6. The highest BCUT2D eigenvalue weighted by Crippen LogP contribution is 2.15. The molecule has 0 saturated carbocycles. The molecular formula is C19H27N5O7. The summed E-state index contributed by atoms with van der Waals surface area (Å²) in [5.41, 5.74) is -0.512. The number of nitrogens with zero attached hydrogens (tertiary/aromatic N) is 1. The summed E-state index contributed by atoms with van der Waals surface area (Å²) < 4.78 is 5.06. The van der Waals surface area contributed by atoms with Gasteiger partial charge in [-0.05, 0) is 46.8 Å². The Balaban J connectivity index is 2.43. The van der Waals surface area contributed by atoms with E-state index in [4.69, 9.17) is 4.74 Å². The largest absolute Gasteiger partial charge is 0.444 e. The van der Waals surface area contributed by atoms with Crippen LogP contribution in [-0.2, 0) is 19.1 Å². The molecule has 0 spiro atoms. The third-order valence-corrected chi connectivity index (χ3v) is 3.66. The van der Waals surface area contributed by atoms with Gasteiger partial charge in [0.2, 0.25) is 17.7 Å². The average Bonchev–Trinajstić information content (AvgIpc) is 2.64. The van der Waals surface area contributed by atoms with Crippen molar-refractivity contribution in [2.45, 2.75) is 52.3 Å². The lowest BCUT2D eigenvalue weighted by Gasteiger charge is -2.22. The Bertz CT molecular complexity index is 833. The van der Waals surface area contributed by atoms with Crippen LogP contribution in [0.2, 0.25) is 0 Å². The Hall–Kier alpha value is -3.70. The number of benzene rings is 1. The Morgan fingerprint density at radius 1 is 1.00 bits per heavy atom. The first-order chi connectivity index (χ1) is 14.3. The minimum Gasteiger partial charge on any atom is -0.444 e. The van der Waals surface area contributed by atoms with E-state index in [2.05, 4.69) is 21.3 Å². The van der Waals surface area contributed by atoms with E-state index < -0.39 is 46.4 Å². The van der Waals surface area contributed by atoms with Crippen molar-refractivity contribution in [1.82, 2.24) is 16.0 Å². The smallest absolute Gasteiger partial charge is 0.408 e. The predicted octanol–water partition coefficient (Wildman–Crippen LogP) is 1.07. The molecule has 1 rings (SSSR count). The molecule has 4 N–H and O–H groups in total. The van der Waals surface area contributed by atoms with Gasteiger partial charge in [0.1, 0.15) is 17.7 Å². The average molecular weight is 437 g/mol. The van der Waals surface area contributed by atoms with Crippen LogP contribution in [0.4, 0.5) is 16.2 Å². The first-order valence-corrected chi connectivity index (χ1v) is 9.40. The maximum absolute atomic E-state index is 12.1. The zero-order chi connectivity index (χ0) is 23.8. The molecule has 0 saturated heterocycles. The van der Waals surface area contributed by atoms with E-state index >= 15 is 0 Å². The Morgan fingerprint density at radius 3 is 2.06 bits per heavy atom. The van der Waals surface area contributed by atoms with Gasteiger partial charge in [-0.3, -0.25) is 24.5 Å². The van der Waals surface area contributed by atoms with Gasteiger partial charge in [0, 0.05) is 17.8 Å². The molecule has 1 aromatic rings. The van der Waals surface area contributed by atoms with Crippen molar-refractivity contribution in [3.05, 3.63) is 34.4 Å². The summed E-state index contributed by atoms with van der Waals surface area (Å²) in [4.78, 5) is 57.9. The van der Waals surface area contributed by atoms with Gasteiger partial charge in [0.05, 0.1) is 11.5 Å². The van der Waals surface area contributed by atoms with Crippen molar-refractivity contribution >= 4 is 35.2 Å². The van der Waals surface area contributed by atoms with Gasteiger partial charge in [-0.2, -0.15) is 0 Å². The van der Waals surface area contributed by atoms with E-state index in [-0.39, 0.29) is 12.2 Å². The van der Waals surface area contributed by atoms with Crippen LogP contribution in [0, 0.1) is 10.1 Å². The second-order valence-electron chi connectivity index (χ2n) is 7.67. The molecule has 0 aliphatic heterocycles. The van der Waals surface area contributed by atoms with Crippen LogP contribution >= 0.6 is 0 Å². The number of carbonyl (C=O) groups is 4. The molecule has 12 nitrogen and oxygen atoms in total. The molecule has 170 valence electrons. The van der Waals surface area contributed by atoms with E-state index in [0.717, 1.165) is 0 Å². The van der Waals surface area contributed by atoms with Crippen LogP contribution in [0.5, 0.6) is 0 Å². The standard InChI is InChI=1S/C19H27N5O7/c1-11(21-17(27)12(2)22-18(28)31-19(3,4)5)16(26)20-10-15(25)23-13-6-8-14(9-7-13)24(29)30/h6-9,11-12H,10H2,1-5H3,(H,20,26)(H,21,27)(H,22,28)(H,23,25)/t11-,12-/m0/s1. The first-order valence-electron chi connectivity index (χ1n) is 9.40. The summed E-state index contributed by atoms with van der Waals surface area (Å²) in [6.07, 6.45) is -0.768. The van der Waals surface area contributed by atoms with Gasteiger partial charge in [-0.1, -0.05) is 0 Å². The second-order valence-corrected chi connectivity index (χ2v) is 7.67. The number of nitrogens with one attached hydrogen (secondary N) is 4. The third-order valence-electron chi connectivity index (χ3n) is 3.66. The monoisotopic (exact) mass is 437 g/mol. The molecule has 1 aromatic carbocycles. The molecule has 0 aromatic heterocycles. The Kier molecular flexibility index (Phi) is 8.91. The number of amides is 4. The van der Waals surface area contributed by atoms with E-state index in [0.29, 0.717) is 5.69 Å². The summed E-state index contributed by atoms with van der Waals surface area (Å²) >= 11 is 0. The summed E-state index contributed by atoms with van der Waals surface area (Å²) in [7, 11) is 0. The van der Waals surface area contributed by atoms with Crippen LogP contribution in [0.1, 0.15) is 34.6 Å². The van der Waals surface area contributed by atoms with Gasteiger partial charge in [-0.25, -0.2) is 4.79 Å². The van der Waals surface area contributed by atoms with Crippen molar-refractivity contribution in [1.29, 1.82) is 0 Å². The quantitative estimate of drug-likeness (QED) is 0.348. The van der Waals surface area contributed by atoms with Gasteiger partial charge in [0.25, 0.3) is 5.69 Å². The molecule has 0 radical (unpaired) electrons. The summed E-state index contributed by atoms with van der Waals surface area (Å²) in [5, 5.41) is 20.2. The zero-order valence-electron chi connectivity index (χ0n) is 18.0. The molecule has 0 bridgehead atoms. The molecule has 0 aliphatic carbocycles. The van der Waals surface area contributed by atoms with Crippen molar-refractivity contribution in [3.8, 4) is 0 Å². The van der Waals surface area contributed by atoms with Gasteiger partial charge in [0.15, 0.2) is 0 Å². The Labute approximate surface area is 179 Å². The third kappa shape index (κ3) is 9.56. The maximum atomic E-state index is 12.1. The molecule has 0 aliphatic rings. The molecule has 12 heteroatoms. The summed E-state index contributed by atoms with van der Waals surface area (Å²) in [6.45, 7) is 7.52.